The quantitative estimate of drug-likeness (QED) is 0.0757. The first kappa shape index (κ1) is 42.3. The Hall–Kier alpha value is -4.77. The Labute approximate surface area is 284 Å². The zero-order valence-electron chi connectivity index (χ0n) is 28.7. The van der Waals surface area contributed by atoms with Gasteiger partial charge in [-0.3, -0.25) is 38.4 Å². The van der Waals surface area contributed by atoms with Crippen molar-refractivity contribution in [2.75, 3.05) is 6.54 Å². The third-order valence-corrected chi connectivity index (χ3v) is 8.14. The van der Waals surface area contributed by atoms with Gasteiger partial charge in [0.25, 0.3) is 0 Å². The molecule has 1 heterocycles. The first-order valence-electron chi connectivity index (χ1n) is 16.3. The van der Waals surface area contributed by atoms with Crippen LogP contribution in [-0.2, 0) is 43.2 Å². The molecule has 0 unspecified atom stereocenters. The lowest BCUT2D eigenvalue weighted by atomic mass is 9.95. The number of rotatable bonds is 20. The number of carbonyl (C=O) groups excluding carboxylic acids is 6. The third-order valence-electron chi connectivity index (χ3n) is 8.14. The molecule has 1 fully saturated rings. The molecule has 18 heteroatoms. The van der Waals surface area contributed by atoms with E-state index in [1.54, 1.807) is 34.6 Å². The highest BCUT2D eigenvalue weighted by Gasteiger charge is 2.41. The number of hydrogen-bond acceptors (Lipinski definition) is 9. The van der Waals surface area contributed by atoms with Crippen molar-refractivity contribution in [2.24, 2.45) is 11.8 Å². The molecule has 0 aliphatic carbocycles. The van der Waals surface area contributed by atoms with Crippen molar-refractivity contribution in [3.05, 3.63) is 0 Å². The summed E-state index contributed by atoms with van der Waals surface area (Å²) < 4.78 is 0. The summed E-state index contributed by atoms with van der Waals surface area (Å²) in [6.45, 7) is 9.66. The molecule has 1 rings (SSSR count). The normalized spacial score (nSPS) is 17.8. The van der Waals surface area contributed by atoms with Gasteiger partial charge in [-0.05, 0) is 31.1 Å². The number of carbonyl (C=O) groups is 9. The Morgan fingerprint density at radius 1 is 0.714 bits per heavy atom. The van der Waals surface area contributed by atoms with Gasteiger partial charge < -0.3 is 46.8 Å². The van der Waals surface area contributed by atoms with Crippen molar-refractivity contribution in [2.45, 2.75) is 123 Å². The fourth-order valence-electron chi connectivity index (χ4n) is 5.29. The fourth-order valence-corrected chi connectivity index (χ4v) is 5.29. The smallest absolute Gasteiger partial charge is 0.326 e. The van der Waals surface area contributed by atoms with Crippen LogP contribution in [0.5, 0.6) is 0 Å². The summed E-state index contributed by atoms with van der Waals surface area (Å²) in [5, 5.41) is 39.8. The standard InChI is InChI=1S/C31H50N6O12/c1-7-10-18(31(48)49)33-28(45)21-11-9-12-37(21)30(47)24(15(3)4)35-29(46)25(16(5)8-2)36-27(44)20(14-23(41)42)34-26(43)19(13-22(39)40)32-17(6)38/h15-16,18-21,24-25H,7-14H2,1-6H3,(H,32,38)(H,33,45)(H,34,43)(H,35,46)(H,36,44)(H,39,40)(H,41,42)(H,48,49)/t16-,18-,19-,20-,21-,24-,25-/m0/s1. The van der Waals surface area contributed by atoms with Gasteiger partial charge in [0.15, 0.2) is 0 Å². The summed E-state index contributed by atoms with van der Waals surface area (Å²) in [6, 6.07) is -7.98. The van der Waals surface area contributed by atoms with Gasteiger partial charge in [0.1, 0.15) is 36.3 Å². The van der Waals surface area contributed by atoms with E-state index in [0.29, 0.717) is 19.3 Å². The molecule has 18 nitrogen and oxygen atoms in total. The van der Waals surface area contributed by atoms with Gasteiger partial charge in [-0.1, -0.05) is 47.5 Å². The molecule has 0 radical (unpaired) electrons. The van der Waals surface area contributed by atoms with Gasteiger partial charge in [0, 0.05) is 13.5 Å². The van der Waals surface area contributed by atoms with Crippen LogP contribution < -0.4 is 26.6 Å². The molecule has 0 saturated carbocycles. The first-order valence-corrected chi connectivity index (χ1v) is 16.3. The van der Waals surface area contributed by atoms with E-state index in [4.69, 9.17) is 5.11 Å². The van der Waals surface area contributed by atoms with Crippen molar-refractivity contribution < 1.29 is 58.5 Å². The van der Waals surface area contributed by atoms with Crippen LogP contribution in [-0.4, -0.2) is 116 Å². The van der Waals surface area contributed by atoms with Crippen LogP contribution in [0.25, 0.3) is 0 Å². The van der Waals surface area contributed by atoms with Crippen molar-refractivity contribution in [3.63, 3.8) is 0 Å². The Morgan fingerprint density at radius 2 is 1.24 bits per heavy atom. The fraction of sp³-hybridized carbons (Fsp3) is 0.710. The molecule has 1 aliphatic heterocycles. The maximum Gasteiger partial charge on any atom is 0.326 e. The van der Waals surface area contributed by atoms with Crippen molar-refractivity contribution in [1.82, 2.24) is 31.5 Å². The molecule has 0 aromatic carbocycles. The van der Waals surface area contributed by atoms with E-state index < -0.39 is 114 Å². The SMILES string of the molecule is CCC[C@H](NC(=O)[C@@H]1CCCN1C(=O)[C@@H](NC(=O)[C@@H](NC(=O)[C@H](CC(=O)O)NC(=O)[C@H](CC(=O)O)NC(C)=O)[C@@H](C)CC)C(C)C)C(=O)O. The average molecular weight is 699 g/mol. The summed E-state index contributed by atoms with van der Waals surface area (Å²) in [5.41, 5.74) is 0. The van der Waals surface area contributed by atoms with Gasteiger partial charge in [0.2, 0.25) is 35.4 Å². The van der Waals surface area contributed by atoms with Crippen LogP contribution >= 0.6 is 0 Å². The number of carboxylic acid groups (broad SMARTS) is 3. The highest BCUT2D eigenvalue weighted by atomic mass is 16.4. The minimum absolute atomic E-state index is 0.185. The minimum Gasteiger partial charge on any atom is -0.481 e. The Bertz CT molecular complexity index is 1240. The lowest BCUT2D eigenvalue weighted by Gasteiger charge is -2.33. The Balaban J connectivity index is 3.23. The molecule has 1 saturated heterocycles. The van der Waals surface area contributed by atoms with Crippen molar-refractivity contribution >= 4 is 53.4 Å². The number of amides is 6. The molecule has 49 heavy (non-hydrogen) atoms. The second-order valence-corrected chi connectivity index (χ2v) is 12.5. The average Bonchev–Trinajstić information content (AvgIpc) is 3.50. The van der Waals surface area contributed by atoms with E-state index in [1.165, 1.54) is 4.90 Å². The lowest BCUT2D eigenvalue weighted by molar-refractivity contribution is -0.146. The lowest BCUT2D eigenvalue weighted by Crippen LogP contribution is -2.61. The number of nitrogens with zero attached hydrogens (tertiary/aromatic N) is 1. The molecular weight excluding hydrogens is 648 g/mol. The van der Waals surface area contributed by atoms with Gasteiger partial charge in [0.05, 0.1) is 12.8 Å². The zero-order valence-corrected chi connectivity index (χ0v) is 28.7. The van der Waals surface area contributed by atoms with E-state index in [1.807, 2.05) is 0 Å². The molecule has 276 valence electrons. The molecule has 0 aromatic rings. The summed E-state index contributed by atoms with van der Waals surface area (Å²) in [6.07, 6.45) is -0.00481. The van der Waals surface area contributed by atoms with E-state index in [0.717, 1.165) is 6.92 Å². The van der Waals surface area contributed by atoms with Gasteiger partial charge in [-0.25, -0.2) is 4.79 Å². The number of aliphatic carboxylic acids is 3. The topological polar surface area (TPSA) is 278 Å². The molecule has 0 bridgehead atoms. The van der Waals surface area contributed by atoms with E-state index in [-0.39, 0.29) is 19.4 Å². The number of hydrogen-bond donors (Lipinski definition) is 8. The van der Waals surface area contributed by atoms with Crippen molar-refractivity contribution in [1.29, 1.82) is 0 Å². The molecule has 6 amide bonds. The maximum absolute atomic E-state index is 13.8. The predicted molar refractivity (Wildman–Crippen MR) is 171 cm³/mol. The van der Waals surface area contributed by atoms with E-state index in [9.17, 15) is 53.4 Å². The Morgan fingerprint density at radius 3 is 1.71 bits per heavy atom. The van der Waals surface area contributed by atoms with Crippen LogP contribution in [0.4, 0.5) is 0 Å². The van der Waals surface area contributed by atoms with Gasteiger partial charge in [-0.15, -0.1) is 0 Å². The minimum atomic E-state index is -1.77. The zero-order chi connectivity index (χ0) is 37.6. The highest BCUT2D eigenvalue weighted by Crippen LogP contribution is 2.21. The van der Waals surface area contributed by atoms with Crippen LogP contribution in [0.1, 0.15) is 86.5 Å². The van der Waals surface area contributed by atoms with Crippen LogP contribution in [0.3, 0.4) is 0 Å². The molecule has 7 atom stereocenters. The van der Waals surface area contributed by atoms with Crippen LogP contribution in [0, 0.1) is 11.8 Å². The van der Waals surface area contributed by atoms with Crippen LogP contribution in [0.15, 0.2) is 0 Å². The van der Waals surface area contributed by atoms with E-state index in [2.05, 4.69) is 26.6 Å². The molecule has 0 spiro atoms. The van der Waals surface area contributed by atoms with Crippen molar-refractivity contribution in [3.8, 4) is 0 Å². The van der Waals surface area contributed by atoms with E-state index >= 15 is 0 Å². The monoisotopic (exact) mass is 698 g/mol. The second-order valence-electron chi connectivity index (χ2n) is 12.5. The van der Waals surface area contributed by atoms with Gasteiger partial charge >= 0.3 is 17.9 Å². The molecule has 8 N–H and O–H groups in total. The van der Waals surface area contributed by atoms with Crippen LogP contribution in [0.2, 0.25) is 0 Å². The predicted octanol–water partition coefficient (Wildman–Crippen LogP) is -1.04. The molecule has 0 aromatic heterocycles. The summed E-state index contributed by atoms with van der Waals surface area (Å²) in [4.78, 5) is 114. The molecular formula is C31H50N6O12. The first-order chi connectivity index (χ1) is 22.8. The Kier molecular flexibility index (Phi) is 17.2. The summed E-state index contributed by atoms with van der Waals surface area (Å²) >= 11 is 0. The number of likely N-dealkylation sites (tertiary alicyclic amines) is 1. The largest absolute Gasteiger partial charge is 0.481 e. The second kappa shape index (κ2) is 19.9. The van der Waals surface area contributed by atoms with Gasteiger partial charge in [-0.2, -0.15) is 0 Å². The summed E-state index contributed by atoms with van der Waals surface area (Å²) in [7, 11) is 0. The molecule has 1 aliphatic rings. The third kappa shape index (κ3) is 13.3. The highest BCUT2D eigenvalue weighted by molar-refractivity contribution is 5.98. The number of nitrogens with one attached hydrogen (secondary N) is 5. The maximum atomic E-state index is 13.8. The number of carboxylic acids is 3. The summed E-state index contributed by atoms with van der Waals surface area (Å²) in [5.74, 6) is -10.2.